The Morgan fingerprint density at radius 1 is 1.50 bits per heavy atom. The second kappa shape index (κ2) is 9.97. The third-order valence-electron chi connectivity index (χ3n) is 0.705. The van der Waals surface area contributed by atoms with Gasteiger partial charge < -0.3 is 14.6 Å². The van der Waals surface area contributed by atoms with Gasteiger partial charge >= 0.3 is 5.97 Å². The van der Waals surface area contributed by atoms with Gasteiger partial charge in [0.25, 0.3) is 0 Å². The molecule has 0 spiro atoms. The predicted molar refractivity (Wildman–Crippen MR) is 45.7 cm³/mol. The first-order valence-electron chi connectivity index (χ1n) is 3.71. The van der Waals surface area contributed by atoms with Gasteiger partial charge in [0.15, 0.2) is 5.76 Å². The van der Waals surface area contributed by atoms with Gasteiger partial charge in [-0.05, 0) is 0 Å². The average molecular weight is 176 g/mol. The van der Waals surface area contributed by atoms with E-state index in [1.54, 1.807) is 0 Å². The van der Waals surface area contributed by atoms with Crippen LogP contribution in [0.4, 0.5) is 0 Å². The normalized spacial score (nSPS) is 9.83. The molecule has 4 heteroatoms. The van der Waals surface area contributed by atoms with E-state index in [1.165, 1.54) is 14.0 Å². The average Bonchev–Trinajstić information content (AvgIpc) is 2.07. The Kier molecular flexibility index (Phi) is 11.3. The second-order valence-electron chi connectivity index (χ2n) is 1.62. The molecule has 0 radical (unpaired) electrons. The fourth-order valence-corrected chi connectivity index (χ4v) is 0.420. The number of aliphatic hydroxyl groups is 1. The van der Waals surface area contributed by atoms with Gasteiger partial charge in [-0.3, -0.25) is 4.79 Å². The van der Waals surface area contributed by atoms with Crippen LogP contribution in [0.2, 0.25) is 0 Å². The lowest BCUT2D eigenvalue weighted by atomic mass is 10.6. The smallest absolute Gasteiger partial charge is 0.307 e. The molecule has 0 aromatic heterocycles. The molecule has 0 heterocycles. The van der Waals surface area contributed by atoms with Crippen molar-refractivity contribution in [2.75, 3.05) is 13.7 Å². The summed E-state index contributed by atoms with van der Waals surface area (Å²) in [7, 11) is 1.44. The van der Waals surface area contributed by atoms with E-state index in [0.717, 1.165) is 0 Å². The maximum Gasteiger partial charge on any atom is 0.307 e. The predicted octanol–water partition coefficient (Wildman–Crippen LogP) is 1.62. The van der Waals surface area contributed by atoms with Crippen molar-refractivity contribution in [3.8, 4) is 0 Å². The molecule has 0 saturated heterocycles. The topological polar surface area (TPSA) is 55.8 Å². The summed E-state index contributed by atoms with van der Waals surface area (Å²) < 4.78 is 9.08. The van der Waals surface area contributed by atoms with Crippen molar-refractivity contribution in [1.29, 1.82) is 0 Å². The number of carbonyl (C=O) groups is 1. The fraction of sp³-hybridized carbons (Fsp3) is 0.625. The summed E-state index contributed by atoms with van der Waals surface area (Å²) in [5, 5.41) is 8.39. The molecule has 12 heavy (non-hydrogen) atoms. The molecule has 0 unspecified atom stereocenters. The van der Waals surface area contributed by atoms with Crippen LogP contribution in [0.15, 0.2) is 12.0 Å². The standard InChI is InChI=1S/C6H10O4.C2H6/c1-5(8)10-6(3-7)4-9-2;1-2/h3,7H,4H2,1-2H3;1-2H3/b6-3-;. The van der Waals surface area contributed by atoms with Crippen molar-refractivity contribution in [2.24, 2.45) is 0 Å². The number of hydrogen-bond acceptors (Lipinski definition) is 4. The maximum atomic E-state index is 10.3. The number of rotatable bonds is 3. The Hall–Kier alpha value is -1.03. The molecule has 0 aliphatic rings. The molecule has 0 fully saturated rings. The Morgan fingerprint density at radius 2 is 2.00 bits per heavy atom. The molecular weight excluding hydrogens is 160 g/mol. The van der Waals surface area contributed by atoms with Crippen LogP contribution >= 0.6 is 0 Å². The SMILES string of the molecule is CC.COC/C(=C/O)OC(C)=O. The van der Waals surface area contributed by atoms with Gasteiger partial charge in [0.2, 0.25) is 0 Å². The summed E-state index contributed by atoms with van der Waals surface area (Å²) in [6.45, 7) is 5.34. The highest BCUT2D eigenvalue weighted by Gasteiger charge is 1.99. The van der Waals surface area contributed by atoms with Gasteiger partial charge in [-0.15, -0.1) is 0 Å². The van der Waals surface area contributed by atoms with E-state index in [9.17, 15) is 4.79 Å². The molecule has 72 valence electrons. The highest BCUT2D eigenvalue weighted by atomic mass is 16.6. The Labute approximate surface area is 72.8 Å². The van der Waals surface area contributed by atoms with Crippen molar-refractivity contribution in [1.82, 2.24) is 0 Å². The Morgan fingerprint density at radius 3 is 2.25 bits per heavy atom. The lowest BCUT2D eigenvalue weighted by Crippen LogP contribution is -2.04. The Balaban J connectivity index is 0. The minimum absolute atomic E-state index is 0.0933. The first kappa shape index (κ1) is 13.6. The summed E-state index contributed by atoms with van der Waals surface area (Å²) in [4.78, 5) is 10.3. The van der Waals surface area contributed by atoms with Crippen LogP contribution in [0.25, 0.3) is 0 Å². The van der Waals surface area contributed by atoms with Gasteiger partial charge in [0.05, 0.1) is 0 Å². The number of methoxy groups -OCH3 is 1. The number of esters is 1. The number of aliphatic hydroxyl groups excluding tert-OH is 1. The van der Waals surface area contributed by atoms with Crippen LogP contribution in [-0.2, 0) is 14.3 Å². The highest BCUT2D eigenvalue weighted by molar-refractivity contribution is 5.67. The number of hydrogen-bond donors (Lipinski definition) is 1. The molecule has 0 saturated carbocycles. The third-order valence-corrected chi connectivity index (χ3v) is 0.705. The maximum absolute atomic E-state index is 10.3. The molecule has 1 N–H and O–H groups in total. The van der Waals surface area contributed by atoms with Crippen LogP contribution in [0, 0.1) is 0 Å². The van der Waals surface area contributed by atoms with Gasteiger partial charge in [-0.1, -0.05) is 13.8 Å². The minimum atomic E-state index is -0.475. The molecule has 0 amide bonds. The molecule has 0 bridgehead atoms. The van der Waals surface area contributed by atoms with Crippen LogP contribution in [0.1, 0.15) is 20.8 Å². The largest absolute Gasteiger partial charge is 0.512 e. The fourth-order valence-electron chi connectivity index (χ4n) is 0.420. The van der Waals surface area contributed by atoms with Crippen LogP contribution < -0.4 is 0 Å². The summed E-state index contributed by atoms with van der Waals surface area (Å²) in [5.74, 6) is -0.368. The zero-order valence-electron chi connectivity index (χ0n) is 7.96. The summed E-state index contributed by atoms with van der Waals surface area (Å²) in [6.07, 6.45) is 0.699. The molecular formula is C8H16O4. The van der Waals surface area contributed by atoms with E-state index in [1.807, 2.05) is 13.8 Å². The Bertz CT molecular complexity index is 140. The zero-order chi connectivity index (χ0) is 9.98. The van der Waals surface area contributed by atoms with E-state index in [4.69, 9.17) is 5.11 Å². The summed E-state index contributed by atoms with van der Waals surface area (Å²) in [5.41, 5.74) is 0. The number of carbonyl (C=O) groups excluding carboxylic acids is 1. The first-order valence-corrected chi connectivity index (χ1v) is 3.71. The van der Waals surface area contributed by atoms with Crippen LogP contribution in [-0.4, -0.2) is 24.8 Å². The molecule has 0 aliphatic carbocycles. The van der Waals surface area contributed by atoms with Gasteiger partial charge in [-0.2, -0.15) is 0 Å². The minimum Gasteiger partial charge on any atom is -0.512 e. The molecule has 0 aliphatic heterocycles. The van der Waals surface area contributed by atoms with E-state index in [0.29, 0.717) is 6.26 Å². The number of ether oxygens (including phenoxy) is 2. The van der Waals surface area contributed by atoms with Crippen molar-refractivity contribution < 1.29 is 19.4 Å². The summed E-state index contributed by atoms with van der Waals surface area (Å²) in [6, 6.07) is 0. The third kappa shape index (κ3) is 8.97. The van der Waals surface area contributed by atoms with Crippen molar-refractivity contribution >= 4 is 5.97 Å². The van der Waals surface area contributed by atoms with Gasteiger partial charge in [0, 0.05) is 14.0 Å². The van der Waals surface area contributed by atoms with E-state index < -0.39 is 5.97 Å². The summed E-state index contributed by atoms with van der Waals surface area (Å²) >= 11 is 0. The molecule has 0 rings (SSSR count). The molecule has 0 atom stereocenters. The van der Waals surface area contributed by atoms with Crippen LogP contribution in [0.3, 0.4) is 0 Å². The van der Waals surface area contributed by atoms with E-state index in [-0.39, 0.29) is 12.4 Å². The quantitative estimate of drug-likeness (QED) is 0.524. The van der Waals surface area contributed by atoms with Crippen molar-refractivity contribution in [3.63, 3.8) is 0 Å². The van der Waals surface area contributed by atoms with Gasteiger partial charge in [0.1, 0.15) is 12.9 Å². The van der Waals surface area contributed by atoms with Gasteiger partial charge in [-0.25, -0.2) is 0 Å². The zero-order valence-corrected chi connectivity index (χ0v) is 7.96. The molecule has 0 aromatic rings. The van der Waals surface area contributed by atoms with Crippen molar-refractivity contribution in [2.45, 2.75) is 20.8 Å². The molecule has 0 aromatic carbocycles. The lowest BCUT2D eigenvalue weighted by Gasteiger charge is -2.02. The lowest BCUT2D eigenvalue weighted by molar-refractivity contribution is -0.137. The monoisotopic (exact) mass is 176 g/mol. The van der Waals surface area contributed by atoms with Crippen LogP contribution in [0.5, 0.6) is 0 Å². The first-order chi connectivity index (χ1) is 5.70. The molecule has 4 nitrogen and oxygen atoms in total. The van der Waals surface area contributed by atoms with Crippen molar-refractivity contribution in [3.05, 3.63) is 12.0 Å². The second-order valence-corrected chi connectivity index (χ2v) is 1.62. The van der Waals surface area contributed by atoms with E-state index in [2.05, 4.69) is 9.47 Å². The van der Waals surface area contributed by atoms with E-state index >= 15 is 0 Å². The highest BCUT2D eigenvalue weighted by Crippen LogP contribution is 1.95.